The Hall–Kier alpha value is -0.970. The monoisotopic (exact) mass is 303 g/mol. The van der Waals surface area contributed by atoms with Gasteiger partial charge in [-0.05, 0) is 25.0 Å². The van der Waals surface area contributed by atoms with E-state index >= 15 is 0 Å². The Morgan fingerprint density at radius 1 is 1.53 bits per heavy atom. The molecule has 4 nitrogen and oxygen atoms in total. The van der Waals surface area contributed by atoms with Gasteiger partial charge in [0.25, 0.3) is 5.91 Å². The molecule has 19 heavy (non-hydrogen) atoms. The van der Waals surface area contributed by atoms with E-state index in [1.807, 2.05) is 0 Å². The third-order valence-electron chi connectivity index (χ3n) is 2.97. The van der Waals surface area contributed by atoms with E-state index in [1.165, 1.54) is 13.2 Å². The summed E-state index contributed by atoms with van der Waals surface area (Å²) in [6.07, 6.45) is 2.09. The molecule has 0 aromatic heterocycles. The molecule has 1 heterocycles. The van der Waals surface area contributed by atoms with E-state index in [-0.39, 0.29) is 12.0 Å². The van der Waals surface area contributed by atoms with Gasteiger partial charge < -0.3 is 14.8 Å². The minimum Gasteiger partial charge on any atom is -0.494 e. The van der Waals surface area contributed by atoms with Crippen molar-refractivity contribution in [1.29, 1.82) is 0 Å². The van der Waals surface area contributed by atoms with Crippen LogP contribution in [0.1, 0.15) is 23.2 Å². The second kappa shape index (κ2) is 6.46. The summed E-state index contributed by atoms with van der Waals surface area (Å²) in [6, 6.07) is 3.08. The Morgan fingerprint density at radius 3 is 2.95 bits per heavy atom. The van der Waals surface area contributed by atoms with Crippen LogP contribution in [0.15, 0.2) is 12.1 Å². The number of benzene rings is 1. The summed E-state index contributed by atoms with van der Waals surface area (Å²) in [5, 5.41) is 3.52. The summed E-state index contributed by atoms with van der Waals surface area (Å²) in [4.78, 5) is 12.1. The van der Waals surface area contributed by atoms with Crippen LogP contribution < -0.4 is 10.1 Å². The lowest BCUT2D eigenvalue weighted by Crippen LogP contribution is -2.32. The van der Waals surface area contributed by atoms with E-state index in [0.717, 1.165) is 19.4 Å². The van der Waals surface area contributed by atoms with Gasteiger partial charge in [0.05, 0.1) is 23.8 Å². The molecule has 2 rings (SSSR count). The van der Waals surface area contributed by atoms with Crippen molar-refractivity contribution in [1.82, 2.24) is 5.32 Å². The maximum atomic E-state index is 12.1. The number of nitrogens with one attached hydrogen (secondary N) is 1. The fourth-order valence-electron chi connectivity index (χ4n) is 2.04. The minimum atomic E-state index is -0.267. The van der Waals surface area contributed by atoms with Crippen LogP contribution >= 0.6 is 23.2 Å². The molecule has 1 aliphatic heterocycles. The highest BCUT2D eigenvalue weighted by atomic mass is 35.5. The molecular formula is C13H15Cl2NO3. The van der Waals surface area contributed by atoms with Crippen LogP contribution in [0, 0.1) is 0 Å². The highest BCUT2D eigenvalue weighted by Gasteiger charge is 2.20. The first-order valence-corrected chi connectivity index (χ1v) is 6.80. The molecule has 1 N–H and O–H groups in total. The number of amides is 1. The highest BCUT2D eigenvalue weighted by molar-refractivity contribution is 6.36. The van der Waals surface area contributed by atoms with E-state index < -0.39 is 0 Å². The Labute approximate surface area is 122 Å². The van der Waals surface area contributed by atoms with E-state index in [4.69, 9.17) is 32.7 Å². The molecule has 1 atom stereocenters. The van der Waals surface area contributed by atoms with Crippen molar-refractivity contribution in [3.63, 3.8) is 0 Å². The lowest BCUT2D eigenvalue weighted by Gasteiger charge is -2.13. The number of hydrogen-bond donors (Lipinski definition) is 1. The summed E-state index contributed by atoms with van der Waals surface area (Å²) >= 11 is 11.9. The predicted octanol–water partition coefficient (Wildman–Crippen LogP) is 2.91. The van der Waals surface area contributed by atoms with Crippen molar-refractivity contribution < 1.29 is 14.3 Å². The molecule has 0 saturated carbocycles. The Kier molecular flexibility index (Phi) is 4.91. The second-order valence-corrected chi connectivity index (χ2v) is 5.16. The molecule has 1 fully saturated rings. The van der Waals surface area contributed by atoms with Crippen LogP contribution in [-0.4, -0.2) is 32.3 Å². The van der Waals surface area contributed by atoms with Gasteiger partial charge in [0.1, 0.15) is 5.75 Å². The summed E-state index contributed by atoms with van der Waals surface area (Å²) in [7, 11) is 1.46. The molecular weight excluding hydrogens is 289 g/mol. The average Bonchev–Trinajstić information content (AvgIpc) is 2.88. The van der Waals surface area contributed by atoms with Crippen molar-refractivity contribution in [2.75, 3.05) is 20.3 Å². The first-order chi connectivity index (χ1) is 9.11. The second-order valence-electron chi connectivity index (χ2n) is 4.31. The normalized spacial score (nSPS) is 18.4. The van der Waals surface area contributed by atoms with Gasteiger partial charge in [-0.3, -0.25) is 4.79 Å². The van der Waals surface area contributed by atoms with Crippen molar-refractivity contribution in [3.05, 3.63) is 27.7 Å². The first-order valence-electron chi connectivity index (χ1n) is 6.04. The van der Waals surface area contributed by atoms with Crippen molar-refractivity contribution in [2.45, 2.75) is 18.9 Å². The van der Waals surface area contributed by atoms with E-state index in [0.29, 0.717) is 27.9 Å². The summed E-state index contributed by atoms with van der Waals surface area (Å²) in [6.45, 7) is 1.24. The van der Waals surface area contributed by atoms with E-state index in [9.17, 15) is 4.79 Å². The molecule has 0 spiro atoms. The number of methoxy groups -OCH3 is 1. The minimum absolute atomic E-state index is 0.0876. The van der Waals surface area contributed by atoms with Gasteiger partial charge in [0, 0.05) is 18.2 Å². The summed E-state index contributed by atoms with van der Waals surface area (Å²) in [5.74, 6) is 0.0626. The first kappa shape index (κ1) is 14.4. The number of hydrogen-bond acceptors (Lipinski definition) is 3. The third kappa shape index (κ3) is 3.53. The van der Waals surface area contributed by atoms with Crippen LogP contribution in [0.3, 0.4) is 0 Å². The standard InChI is InChI=1S/C13H15Cl2NO3/c1-18-12-10(5-8(14)6-11(12)15)13(17)16-7-9-3-2-4-19-9/h5-6,9H,2-4,7H2,1H3,(H,16,17). The third-order valence-corrected chi connectivity index (χ3v) is 3.47. The van der Waals surface area contributed by atoms with Gasteiger partial charge in [-0.1, -0.05) is 23.2 Å². The summed E-state index contributed by atoms with van der Waals surface area (Å²) < 4.78 is 10.6. The number of carbonyl (C=O) groups is 1. The molecule has 1 aliphatic rings. The molecule has 0 aliphatic carbocycles. The average molecular weight is 304 g/mol. The van der Waals surface area contributed by atoms with Crippen LogP contribution in [-0.2, 0) is 4.74 Å². The predicted molar refractivity (Wildman–Crippen MR) is 74.3 cm³/mol. The fraction of sp³-hybridized carbons (Fsp3) is 0.462. The van der Waals surface area contributed by atoms with Gasteiger partial charge in [-0.2, -0.15) is 0 Å². The molecule has 0 radical (unpaired) electrons. The molecule has 1 unspecified atom stereocenters. The molecule has 1 amide bonds. The van der Waals surface area contributed by atoms with Crippen molar-refractivity contribution in [3.8, 4) is 5.75 Å². The van der Waals surface area contributed by atoms with E-state index in [1.54, 1.807) is 6.07 Å². The van der Waals surface area contributed by atoms with Gasteiger partial charge >= 0.3 is 0 Å². The van der Waals surface area contributed by atoms with Crippen molar-refractivity contribution in [2.24, 2.45) is 0 Å². The van der Waals surface area contributed by atoms with Crippen LogP contribution in [0.25, 0.3) is 0 Å². The fourth-order valence-corrected chi connectivity index (χ4v) is 2.61. The smallest absolute Gasteiger partial charge is 0.255 e. The van der Waals surface area contributed by atoms with E-state index in [2.05, 4.69) is 5.32 Å². The number of halogens is 2. The Morgan fingerprint density at radius 2 is 2.32 bits per heavy atom. The lowest BCUT2D eigenvalue weighted by atomic mass is 10.1. The molecule has 0 bridgehead atoms. The SMILES string of the molecule is COc1c(Cl)cc(Cl)cc1C(=O)NCC1CCCO1. The maximum absolute atomic E-state index is 12.1. The van der Waals surface area contributed by atoms with Gasteiger partial charge in [-0.15, -0.1) is 0 Å². The number of carbonyl (C=O) groups excluding carboxylic acids is 1. The Balaban J connectivity index is 2.09. The molecule has 104 valence electrons. The molecule has 1 saturated heterocycles. The largest absolute Gasteiger partial charge is 0.494 e. The molecule has 1 aromatic carbocycles. The van der Waals surface area contributed by atoms with Crippen molar-refractivity contribution >= 4 is 29.1 Å². The maximum Gasteiger partial charge on any atom is 0.255 e. The topological polar surface area (TPSA) is 47.6 Å². The Bertz CT molecular complexity index is 473. The van der Waals surface area contributed by atoms with Crippen LogP contribution in [0.5, 0.6) is 5.75 Å². The van der Waals surface area contributed by atoms with Crippen LogP contribution in [0.2, 0.25) is 10.0 Å². The zero-order valence-electron chi connectivity index (χ0n) is 10.5. The zero-order chi connectivity index (χ0) is 13.8. The van der Waals surface area contributed by atoms with Gasteiger partial charge in [-0.25, -0.2) is 0 Å². The molecule has 6 heteroatoms. The lowest BCUT2D eigenvalue weighted by molar-refractivity contribution is 0.0855. The van der Waals surface area contributed by atoms with Gasteiger partial charge in [0.2, 0.25) is 0 Å². The highest BCUT2D eigenvalue weighted by Crippen LogP contribution is 2.32. The number of rotatable bonds is 4. The summed E-state index contributed by atoms with van der Waals surface area (Å²) in [5.41, 5.74) is 0.331. The molecule has 1 aromatic rings. The van der Waals surface area contributed by atoms with Gasteiger partial charge in [0.15, 0.2) is 0 Å². The van der Waals surface area contributed by atoms with Crippen LogP contribution in [0.4, 0.5) is 0 Å². The zero-order valence-corrected chi connectivity index (χ0v) is 12.1. The quantitative estimate of drug-likeness (QED) is 0.930. The number of ether oxygens (including phenoxy) is 2.